The van der Waals surface area contributed by atoms with Crippen LogP contribution in [0.1, 0.15) is 29.6 Å². The molecule has 1 aromatic rings. The largest absolute Gasteiger partial charge is 0.481 e. The second kappa shape index (κ2) is 6.68. The number of anilines is 1. The molecular weight excluding hydrogens is 334 g/mol. The number of hydrogen-bond acceptors (Lipinski definition) is 3. The number of urea groups is 1. The minimum Gasteiger partial charge on any atom is -0.481 e. The topological polar surface area (TPSA) is 98.7 Å². The highest BCUT2D eigenvalue weighted by atomic mass is 35.5. The van der Waals surface area contributed by atoms with E-state index in [1.54, 1.807) is 18.2 Å². The number of hydrogen-bond donors (Lipinski definition) is 3. The van der Waals surface area contributed by atoms with Crippen molar-refractivity contribution >= 4 is 35.2 Å². The number of nitrogens with zero attached hydrogens (tertiary/aromatic N) is 1. The van der Waals surface area contributed by atoms with Crippen molar-refractivity contribution < 1.29 is 19.5 Å². The lowest BCUT2D eigenvalue weighted by Gasteiger charge is -2.19. The van der Waals surface area contributed by atoms with Crippen LogP contribution in [0.2, 0.25) is 5.02 Å². The van der Waals surface area contributed by atoms with Crippen molar-refractivity contribution in [3.63, 3.8) is 0 Å². The maximum Gasteiger partial charge on any atom is 0.321 e. The van der Waals surface area contributed by atoms with Crippen molar-refractivity contribution in [1.29, 1.82) is 0 Å². The van der Waals surface area contributed by atoms with E-state index in [1.807, 2.05) is 0 Å². The Balaban J connectivity index is 1.79. The smallest absolute Gasteiger partial charge is 0.321 e. The summed E-state index contributed by atoms with van der Waals surface area (Å²) in [6.07, 6.45) is 1.96. The molecule has 7 nitrogen and oxygen atoms in total. The number of carboxylic acid groups (broad SMARTS) is 1. The number of amides is 3. The third-order valence-electron chi connectivity index (χ3n) is 4.51. The molecule has 2 aliphatic rings. The molecule has 3 amide bonds. The van der Waals surface area contributed by atoms with Crippen LogP contribution in [0.5, 0.6) is 0 Å². The summed E-state index contributed by atoms with van der Waals surface area (Å²) in [5, 5.41) is 14.9. The SMILES string of the molecule is O=C(N[C@H]1CCC[C@H]1C(=O)O)c1cc(N2CCNC2=O)ccc1Cl. The van der Waals surface area contributed by atoms with Crippen LogP contribution in [0, 0.1) is 5.92 Å². The van der Waals surface area contributed by atoms with E-state index in [4.69, 9.17) is 11.6 Å². The molecule has 8 heteroatoms. The van der Waals surface area contributed by atoms with Crippen LogP contribution >= 0.6 is 11.6 Å². The van der Waals surface area contributed by atoms with Crippen molar-refractivity contribution in [2.24, 2.45) is 5.92 Å². The zero-order chi connectivity index (χ0) is 17.3. The lowest BCUT2D eigenvalue weighted by Crippen LogP contribution is -2.40. The average Bonchev–Trinajstić information content (AvgIpc) is 3.16. The number of rotatable bonds is 4. The number of aliphatic carboxylic acids is 1. The molecule has 1 aliphatic heterocycles. The first-order valence-corrected chi connectivity index (χ1v) is 8.24. The molecule has 0 bridgehead atoms. The summed E-state index contributed by atoms with van der Waals surface area (Å²) in [7, 11) is 0. The molecule has 0 radical (unpaired) electrons. The summed E-state index contributed by atoms with van der Waals surface area (Å²) in [4.78, 5) is 37.0. The van der Waals surface area contributed by atoms with Gasteiger partial charge in [-0.1, -0.05) is 18.0 Å². The molecule has 1 heterocycles. The Bertz CT molecular complexity index is 694. The lowest BCUT2D eigenvalue weighted by molar-refractivity contribution is -0.142. The molecule has 3 N–H and O–H groups in total. The van der Waals surface area contributed by atoms with Gasteiger partial charge in [0.15, 0.2) is 0 Å². The molecule has 24 heavy (non-hydrogen) atoms. The van der Waals surface area contributed by atoms with Gasteiger partial charge in [0.05, 0.1) is 16.5 Å². The fourth-order valence-electron chi connectivity index (χ4n) is 3.25. The average molecular weight is 352 g/mol. The minimum atomic E-state index is -0.897. The van der Waals surface area contributed by atoms with Gasteiger partial charge in [-0.3, -0.25) is 14.5 Å². The predicted molar refractivity (Wildman–Crippen MR) is 88.4 cm³/mol. The molecule has 1 aliphatic carbocycles. The summed E-state index contributed by atoms with van der Waals surface area (Å²) >= 11 is 6.12. The molecule has 3 rings (SSSR count). The van der Waals surface area contributed by atoms with Crippen LogP contribution in [0.25, 0.3) is 0 Å². The Labute approximate surface area is 144 Å². The molecule has 128 valence electrons. The molecular formula is C16H18ClN3O4. The zero-order valence-electron chi connectivity index (χ0n) is 12.9. The first-order chi connectivity index (χ1) is 11.5. The maximum atomic E-state index is 12.5. The molecule has 0 aromatic heterocycles. The van der Waals surface area contributed by atoms with Gasteiger partial charge in [0, 0.05) is 24.8 Å². The van der Waals surface area contributed by atoms with E-state index in [9.17, 15) is 19.5 Å². The van der Waals surface area contributed by atoms with Crippen molar-refractivity contribution in [3.8, 4) is 0 Å². The van der Waals surface area contributed by atoms with Gasteiger partial charge in [0.1, 0.15) is 0 Å². The predicted octanol–water partition coefficient (Wildman–Crippen LogP) is 1.85. The number of benzene rings is 1. The normalized spacial score (nSPS) is 23.2. The summed E-state index contributed by atoms with van der Waals surface area (Å²) in [5.41, 5.74) is 0.825. The lowest BCUT2D eigenvalue weighted by atomic mass is 10.0. The molecule has 1 aromatic carbocycles. The van der Waals surface area contributed by atoms with E-state index in [2.05, 4.69) is 10.6 Å². The number of carbonyl (C=O) groups is 3. The highest BCUT2D eigenvalue weighted by molar-refractivity contribution is 6.34. The van der Waals surface area contributed by atoms with E-state index in [-0.39, 0.29) is 16.6 Å². The van der Waals surface area contributed by atoms with E-state index in [1.165, 1.54) is 4.90 Å². The van der Waals surface area contributed by atoms with Gasteiger partial charge >= 0.3 is 12.0 Å². The molecule has 1 saturated heterocycles. The first-order valence-electron chi connectivity index (χ1n) is 7.86. The van der Waals surface area contributed by atoms with Crippen LogP contribution in [0.3, 0.4) is 0 Å². The third-order valence-corrected chi connectivity index (χ3v) is 4.84. The monoisotopic (exact) mass is 351 g/mol. The number of carbonyl (C=O) groups excluding carboxylic acids is 2. The Morgan fingerprint density at radius 2 is 2.12 bits per heavy atom. The molecule has 1 saturated carbocycles. The molecule has 2 atom stereocenters. The fraction of sp³-hybridized carbons (Fsp3) is 0.438. The zero-order valence-corrected chi connectivity index (χ0v) is 13.7. The van der Waals surface area contributed by atoms with Gasteiger partial charge in [0.2, 0.25) is 0 Å². The second-order valence-electron chi connectivity index (χ2n) is 6.00. The Morgan fingerprint density at radius 1 is 1.33 bits per heavy atom. The van der Waals surface area contributed by atoms with E-state index >= 15 is 0 Å². The van der Waals surface area contributed by atoms with Gasteiger partial charge < -0.3 is 15.7 Å². The Morgan fingerprint density at radius 3 is 2.79 bits per heavy atom. The number of carboxylic acids is 1. The standard InChI is InChI=1S/C16H18ClN3O4/c17-12-5-4-9(20-7-6-18-16(20)24)8-11(12)14(21)19-13-3-1-2-10(13)15(22)23/h4-5,8,10,13H,1-3,6-7H2,(H,18,24)(H,19,21)(H,22,23)/t10-,13+/m1/s1. The van der Waals surface area contributed by atoms with E-state index < -0.39 is 23.8 Å². The van der Waals surface area contributed by atoms with Crippen LogP contribution in [-0.2, 0) is 4.79 Å². The Kier molecular flexibility index (Phi) is 4.62. The molecule has 0 spiro atoms. The Hall–Kier alpha value is -2.28. The van der Waals surface area contributed by atoms with Gasteiger partial charge in [-0.2, -0.15) is 0 Å². The summed E-state index contributed by atoms with van der Waals surface area (Å²) < 4.78 is 0. The second-order valence-corrected chi connectivity index (χ2v) is 6.41. The van der Waals surface area contributed by atoms with Crippen molar-refractivity contribution in [3.05, 3.63) is 28.8 Å². The highest BCUT2D eigenvalue weighted by Crippen LogP contribution is 2.28. The highest BCUT2D eigenvalue weighted by Gasteiger charge is 2.34. The van der Waals surface area contributed by atoms with Gasteiger partial charge in [-0.25, -0.2) is 4.79 Å². The fourth-order valence-corrected chi connectivity index (χ4v) is 3.45. The quantitative estimate of drug-likeness (QED) is 0.771. The van der Waals surface area contributed by atoms with E-state index in [0.29, 0.717) is 31.6 Å². The number of halogens is 1. The maximum absolute atomic E-state index is 12.5. The summed E-state index contributed by atoms with van der Waals surface area (Å²) in [6, 6.07) is 4.20. The third kappa shape index (κ3) is 3.17. The summed E-state index contributed by atoms with van der Waals surface area (Å²) in [6.45, 7) is 1.07. The van der Waals surface area contributed by atoms with Gasteiger partial charge in [-0.05, 0) is 31.0 Å². The van der Waals surface area contributed by atoms with Crippen LogP contribution in [0.4, 0.5) is 10.5 Å². The van der Waals surface area contributed by atoms with Crippen molar-refractivity contribution in [1.82, 2.24) is 10.6 Å². The van der Waals surface area contributed by atoms with Crippen LogP contribution < -0.4 is 15.5 Å². The van der Waals surface area contributed by atoms with Crippen LogP contribution in [-0.4, -0.2) is 42.1 Å². The van der Waals surface area contributed by atoms with Crippen molar-refractivity contribution in [2.45, 2.75) is 25.3 Å². The number of nitrogens with one attached hydrogen (secondary N) is 2. The molecule has 2 fully saturated rings. The molecule has 0 unspecified atom stereocenters. The summed E-state index contributed by atoms with van der Waals surface area (Å²) in [5.74, 6) is -1.88. The van der Waals surface area contributed by atoms with Crippen LogP contribution in [0.15, 0.2) is 18.2 Å². The van der Waals surface area contributed by atoms with Gasteiger partial charge in [0.25, 0.3) is 5.91 Å². The first kappa shape index (κ1) is 16.6. The van der Waals surface area contributed by atoms with Crippen molar-refractivity contribution in [2.75, 3.05) is 18.0 Å². The van der Waals surface area contributed by atoms with E-state index in [0.717, 1.165) is 6.42 Å². The van der Waals surface area contributed by atoms with Gasteiger partial charge in [-0.15, -0.1) is 0 Å². The minimum absolute atomic E-state index is 0.217.